The summed E-state index contributed by atoms with van der Waals surface area (Å²) in [5.41, 5.74) is 3.22. The van der Waals surface area contributed by atoms with Gasteiger partial charge in [0.1, 0.15) is 11.5 Å². The van der Waals surface area contributed by atoms with Crippen molar-refractivity contribution in [2.75, 3.05) is 25.7 Å². The van der Waals surface area contributed by atoms with E-state index in [1.165, 1.54) is 19.1 Å². The number of methoxy groups -OCH3 is 2. The highest BCUT2D eigenvalue weighted by Gasteiger charge is 2.47. The highest BCUT2D eigenvalue weighted by atomic mass is 16.5. The number of nitrogens with zero attached hydrogens (tertiary/aromatic N) is 1. The second kappa shape index (κ2) is 10.8. The van der Waals surface area contributed by atoms with Gasteiger partial charge in [-0.2, -0.15) is 0 Å². The number of Topliss-reactive ketones (excluding diaryl/α,β-unsaturated/α-hetero) is 1. The Labute approximate surface area is 229 Å². The predicted molar refractivity (Wildman–Crippen MR) is 152 cm³/mol. The molecule has 39 heavy (non-hydrogen) atoms. The van der Waals surface area contributed by atoms with E-state index in [1.807, 2.05) is 32.0 Å². The van der Waals surface area contributed by atoms with E-state index in [4.69, 9.17) is 14.2 Å². The van der Waals surface area contributed by atoms with Gasteiger partial charge >= 0.3 is 0 Å². The molecule has 1 fully saturated rings. The Morgan fingerprint density at radius 2 is 1.59 bits per heavy atom. The van der Waals surface area contributed by atoms with Crippen LogP contribution in [0.3, 0.4) is 0 Å². The van der Waals surface area contributed by atoms with Crippen molar-refractivity contribution in [1.82, 2.24) is 0 Å². The van der Waals surface area contributed by atoms with Crippen molar-refractivity contribution >= 4 is 23.1 Å². The SMILES string of the molecule is CCOc1ccc(N2C(=O)C(=O)/C(=C(/O)c3cc(C(C)(C)C)ccc3C)C2c2ccc(OC)c(OC)c2)cc1. The van der Waals surface area contributed by atoms with Crippen molar-refractivity contribution in [3.63, 3.8) is 0 Å². The van der Waals surface area contributed by atoms with Crippen molar-refractivity contribution < 1.29 is 28.9 Å². The van der Waals surface area contributed by atoms with E-state index >= 15 is 0 Å². The molecule has 1 saturated heterocycles. The highest BCUT2D eigenvalue weighted by Crippen LogP contribution is 2.45. The van der Waals surface area contributed by atoms with Crippen LogP contribution < -0.4 is 19.1 Å². The normalized spacial score (nSPS) is 16.9. The minimum atomic E-state index is -0.902. The van der Waals surface area contributed by atoms with Crippen LogP contribution in [0.4, 0.5) is 5.69 Å². The molecule has 0 bridgehead atoms. The summed E-state index contributed by atoms with van der Waals surface area (Å²) in [6, 6.07) is 17.1. The second-order valence-corrected chi connectivity index (χ2v) is 10.5. The quantitative estimate of drug-likeness (QED) is 0.219. The maximum Gasteiger partial charge on any atom is 0.300 e. The van der Waals surface area contributed by atoms with Gasteiger partial charge in [-0.1, -0.05) is 39.0 Å². The summed E-state index contributed by atoms with van der Waals surface area (Å²) in [5, 5.41) is 11.7. The summed E-state index contributed by atoms with van der Waals surface area (Å²) in [5.74, 6) is -0.113. The van der Waals surface area contributed by atoms with E-state index in [-0.39, 0.29) is 16.7 Å². The number of ketones is 1. The number of hydrogen-bond acceptors (Lipinski definition) is 6. The van der Waals surface area contributed by atoms with Crippen LogP contribution in [0.15, 0.2) is 66.2 Å². The zero-order valence-electron chi connectivity index (χ0n) is 23.5. The van der Waals surface area contributed by atoms with Crippen LogP contribution in [0.1, 0.15) is 56.0 Å². The van der Waals surface area contributed by atoms with E-state index < -0.39 is 17.7 Å². The Balaban J connectivity index is 1.97. The molecule has 1 unspecified atom stereocenters. The van der Waals surface area contributed by atoms with Crippen LogP contribution in [0.25, 0.3) is 5.76 Å². The number of aliphatic hydroxyl groups excluding tert-OH is 1. The van der Waals surface area contributed by atoms with Crippen molar-refractivity contribution in [1.29, 1.82) is 0 Å². The molecule has 1 N–H and O–H groups in total. The lowest BCUT2D eigenvalue weighted by atomic mass is 9.84. The number of anilines is 1. The van der Waals surface area contributed by atoms with E-state index in [0.29, 0.717) is 40.7 Å². The number of amides is 1. The van der Waals surface area contributed by atoms with Crippen LogP contribution >= 0.6 is 0 Å². The standard InChI is InChI=1S/C32H35NO6/c1-8-39-23-14-12-22(13-15-23)33-28(20-10-16-25(37-6)26(17-20)38-7)27(30(35)31(33)36)29(34)24-18-21(32(3,4)5)11-9-19(24)2/h9-18,28,34H,8H2,1-7H3/b29-27+. The van der Waals surface area contributed by atoms with E-state index in [0.717, 1.165) is 11.1 Å². The summed E-state index contributed by atoms with van der Waals surface area (Å²) >= 11 is 0. The van der Waals surface area contributed by atoms with Gasteiger partial charge in [0.15, 0.2) is 11.5 Å². The summed E-state index contributed by atoms with van der Waals surface area (Å²) < 4.78 is 16.5. The van der Waals surface area contributed by atoms with Gasteiger partial charge in [0.25, 0.3) is 11.7 Å². The van der Waals surface area contributed by atoms with E-state index in [1.54, 1.807) is 42.5 Å². The van der Waals surface area contributed by atoms with Gasteiger partial charge in [0.2, 0.25) is 0 Å². The second-order valence-electron chi connectivity index (χ2n) is 10.5. The third-order valence-corrected chi connectivity index (χ3v) is 6.95. The molecular weight excluding hydrogens is 494 g/mol. The molecule has 7 nitrogen and oxygen atoms in total. The van der Waals surface area contributed by atoms with Gasteiger partial charge in [-0.25, -0.2) is 0 Å². The number of rotatable bonds is 7. The molecule has 3 aromatic carbocycles. The Kier molecular flexibility index (Phi) is 7.72. The average Bonchev–Trinajstić information content (AvgIpc) is 3.18. The van der Waals surface area contributed by atoms with Crippen LogP contribution in [0, 0.1) is 6.92 Å². The molecule has 0 spiro atoms. The molecule has 4 rings (SSSR count). The number of carbonyl (C=O) groups excluding carboxylic acids is 2. The largest absolute Gasteiger partial charge is 0.507 e. The lowest BCUT2D eigenvalue weighted by Crippen LogP contribution is -2.29. The summed E-state index contributed by atoms with van der Waals surface area (Å²) in [7, 11) is 3.06. The number of ether oxygens (including phenoxy) is 3. The summed E-state index contributed by atoms with van der Waals surface area (Å²) in [4.78, 5) is 28.6. The van der Waals surface area contributed by atoms with Crippen molar-refractivity contribution in [3.05, 3.63) is 88.5 Å². The zero-order valence-corrected chi connectivity index (χ0v) is 23.5. The monoisotopic (exact) mass is 529 g/mol. The number of aryl methyl sites for hydroxylation is 1. The Hall–Kier alpha value is -4.26. The van der Waals surface area contributed by atoms with Gasteiger partial charge in [-0.05, 0) is 78.4 Å². The topological polar surface area (TPSA) is 85.3 Å². The fourth-order valence-electron chi connectivity index (χ4n) is 4.80. The number of hydrogen-bond donors (Lipinski definition) is 1. The molecule has 1 aliphatic heterocycles. The number of benzene rings is 3. The first-order chi connectivity index (χ1) is 18.5. The minimum Gasteiger partial charge on any atom is -0.507 e. The predicted octanol–water partition coefficient (Wildman–Crippen LogP) is 6.33. The van der Waals surface area contributed by atoms with Crippen LogP contribution in [0.5, 0.6) is 17.2 Å². The molecule has 0 aliphatic carbocycles. The molecule has 0 radical (unpaired) electrons. The van der Waals surface area contributed by atoms with Crippen molar-refractivity contribution in [2.24, 2.45) is 0 Å². The lowest BCUT2D eigenvalue weighted by molar-refractivity contribution is -0.132. The maximum absolute atomic E-state index is 13.6. The molecule has 3 aromatic rings. The molecule has 0 aromatic heterocycles. The smallest absolute Gasteiger partial charge is 0.300 e. The minimum absolute atomic E-state index is 0.00950. The van der Waals surface area contributed by atoms with Crippen molar-refractivity contribution in [3.8, 4) is 17.2 Å². The van der Waals surface area contributed by atoms with Gasteiger partial charge in [0.05, 0.1) is 32.4 Å². The molecule has 1 amide bonds. The first-order valence-electron chi connectivity index (χ1n) is 12.9. The van der Waals surface area contributed by atoms with Crippen LogP contribution in [-0.2, 0) is 15.0 Å². The molecule has 204 valence electrons. The number of aliphatic hydroxyl groups is 1. The summed E-state index contributed by atoms with van der Waals surface area (Å²) in [6.45, 7) is 10.5. The first kappa shape index (κ1) is 27.8. The van der Waals surface area contributed by atoms with Gasteiger partial charge in [-0.15, -0.1) is 0 Å². The summed E-state index contributed by atoms with van der Waals surface area (Å²) in [6.07, 6.45) is 0. The van der Waals surface area contributed by atoms with Gasteiger partial charge in [0, 0.05) is 11.3 Å². The molecule has 1 atom stereocenters. The Bertz CT molecular complexity index is 1430. The van der Waals surface area contributed by atoms with Crippen LogP contribution in [0.2, 0.25) is 0 Å². The van der Waals surface area contributed by atoms with Gasteiger partial charge in [-0.3, -0.25) is 14.5 Å². The maximum atomic E-state index is 13.6. The zero-order chi connectivity index (χ0) is 28.5. The van der Waals surface area contributed by atoms with Gasteiger partial charge < -0.3 is 19.3 Å². The molecule has 0 saturated carbocycles. The average molecular weight is 530 g/mol. The molecule has 7 heteroatoms. The van der Waals surface area contributed by atoms with E-state index in [9.17, 15) is 14.7 Å². The molecule has 1 heterocycles. The Morgan fingerprint density at radius 1 is 0.923 bits per heavy atom. The molecular formula is C32H35NO6. The van der Waals surface area contributed by atoms with Crippen LogP contribution in [-0.4, -0.2) is 37.6 Å². The fourth-order valence-corrected chi connectivity index (χ4v) is 4.80. The third-order valence-electron chi connectivity index (χ3n) is 6.95. The lowest BCUT2D eigenvalue weighted by Gasteiger charge is -2.26. The Morgan fingerprint density at radius 3 is 2.18 bits per heavy atom. The first-order valence-corrected chi connectivity index (χ1v) is 12.9. The van der Waals surface area contributed by atoms with E-state index in [2.05, 4.69) is 20.8 Å². The fraction of sp³-hybridized carbons (Fsp3) is 0.312. The highest BCUT2D eigenvalue weighted by molar-refractivity contribution is 6.51. The van der Waals surface area contributed by atoms with Crippen molar-refractivity contribution in [2.45, 2.75) is 46.1 Å². The third kappa shape index (κ3) is 5.21. The number of carbonyl (C=O) groups is 2. The molecule has 1 aliphatic rings.